The van der Waals surface area contributed by atoms with E-state index in [1.807, 2.05) is 6.07 Å². The van der Waals surface area contributed by atoms with Gasteiger partial charge in [0, 0.05) is 18.4 Å². The van der Waals surface area contributed by atoms with Gasteiger partial charge >= 0.3 is 6.36 Å². The molecule has 0 saturated carbocycles. The number of halogens is 3. The first-order valence-corrected chi connectivity index (χ1v) is 6.62. The molecule has 0 aromatic heterocycles. The minimum absolute atomic E-state index is 0.219. The average molecular weight is 325 g/mol. The molecule has 23 heavy (non-hydrogen) atoms. The molecule has 1 amide bonds. The lowest BCUT2D eigenvalue weighted by atomic mass is 10.1. The molecule has 0 spiro atoms. The van der Waals surface area contributed by atoms with Crippen LogP contribution in [0.3, 0.4) is 0 Å². The summed E-state index contributed by atoms with van der Waals surface area (Å²) in [6, 6.07) is 11.8. The van der Waals surface area contributed by atoms with Gasteiger partial charge in [0.2, 0.25) is 0 Å². The summed E-state index contributed by atoms with van der Waals surface area (Å²) >= 11 is 0. The molecule has 0 aliphatic rings. The van der Waals surface area contributed by atoms with Crippen LogP contribution in [-0.2, 0) is 11.3 Å². The van der Waals surface area contributed by atoms with Gasteiger partial charge in [0.25, 0.3) is 5.91 Å². The summed E-state index contributed by atoms with van der Waals surface area (Å²) in [5, 5.41) is 2.67. The normalized spacial score (nSPS) is 11.1. The van der Waals surface area contributed by atoms with E-state index in [9.17, 15) is 18.0 Å². The van der Waals surface area contributed by atoms with Crippen LogP contribution < -0.4 is 10.1 Å². The lowest BCUT2D eigenvalue weighted by Gasteiger charge is -2.10. The standard InChI is InChI=1S/C16H14F3NO3/c1-22-10-11-3-2-4-13(9-11)20-15(21)12-5-7-14(8-6-12)23-16(17,18)19/h2-9H,10H2,1H3,(H,20,21). The predicted molar refractivity (Wildman–Crippen MR) is 78.2 cm³/mol. The number of hydrogen-bond donors (Lipinski definition) is 1. The molecule has 1 N–H and O–H groups in total. The number of anilines is 1. The van der Waals surface area contributed by atoms with Crippen LogP contribution in [-0.4, -0.2) is 19.4 Å². The molecule has 0 heterocycles. The molecule has 2 aromatic rings. The first-order valence-electron chi connectivity index (χ1n) is 6.62. The summed E-state index contributed by atoms with van der Waals surface area (Å²) < 4.78 is 45.0. The van der Waals surface area contributed by atoms with Crippen LogP contribution in [0.2, 0.25) is 0 Å². The van der Waals surface area contributed by atoms with Gasteiger partial charge in [-0.25, -0.2) is 0 Å². The van der Waals surface area contributed by atoms with Gasteiger partial charge < -0.3 is 14.8 Å². The minimum Gasteiger partial charge on any atom is -0.406 e. The van der Waals surface area contributed by atoms with Crippen LogP contribution in [0.15, 0.2) is 48.5 Å². The van der Waals surface area contributed by atoms with Crippen LogP contribution in [0.5, 0.6) is 5.75 Å². The molecule has 0 saturated heterocycles. The van der Waals surface area contributed by atoms with Crippen molar-refractivity contribution in [1.82, 2.24) is 0 Å². The topological polar surface area (TPSA) is 47.6 Å². The van der Waals surface area contributed by atoms with E-state index in [4.69, 9.17) is 4.74 Å². The van der Waals surface area contributed by atoms with Gasteiger partial charge in [-0.1, -0.05) is 12.1 Å². The van der Waals surface area contributed by atoms with Crippen molar-refractivity contribution in [3.63, 3.8) is 0 Å². The van der Waals surface area contributed by atoms with Crippen LogP contribution >= 0.6 is 0 Å². The van der Waals surface area contributed by atoms with Gasteiger partial charge in [-0.05, 0) is 42.0 Å². The number of hydrogen-bond acceptors (Lipinski definition) is 3. The average Bonchev–Trinajstić information content (AvgIpc) is 2.47. The number of amides is 1. The first kappa shape index (κ1) is 16.8. The largest absolute Gasteiger partial charge is 0.573 e. The molecular weight excluding hydrogens is 311 g/mol. The van der Waals surface area contributed by atoms with E-state index in [1.165, 1.54) is 12.1 Å². The Morgan fingerprint density at radius 2 is 1.83 bits per heavy atom. The zero-order valence-electron chi connectivity index (χ0n) is 12.2. The Kier molecular flexibility index (Phi) is 5.23. The number of alkyl halides is 3. The number of rotatable bonds is 5. The van der Waals surface area contributed by atoms with Gasteiger partial charge in [-0.15, -0.1) is 13.2 Å². The van der Waals surface area contributed by atoms with Gasteiger partial charge in [-0.2, -0.15) is 0 Å². The Labute approximate surface area is 130 Å². The summed E-state index contributed by atoms with van der Waals surface area (Å²) in [6.07, 6.45) is -4.76. The Morgan fingerprint density at radius 3 is 2.43 bits per heavy atom. The van der Waals surface area contributed by atoms with Crippen molar-refractivity contribution in [3.05, 3.63) is 59.7 Å². The van der Waals surface area contributed by atoms with Crippen molar-refractivity contribution in [2.45, 2.75) is 13.0 Å². The second-order valence-electron chi connectivity index (χ2n) is 4.66. The highest BCUT2D eigenvalue weighted by Gasteiger charge is 2.31. The first-order chi connectivity index (χ1) is 10.9. The van der Waals surface area contributed by atoms with E-state index < -0.39 is 12.3 Å². The van der Waals surface area contributed by atoms with Crippen LogP contribution in [0.1, 0.15) is 15.9 Å². The molecule has 4 nitrogen and oxygen atoms in total. The van der Waals surface area contributed by atoms with Crippen molar-refractivity contribution in [2.75, 3.05) is 12.4 Å². The number of methoxy groups -OCH3 is 1. The van der Waals surface area contributed by atoms with E-state index in [0.717, 1.165) is 17.7 Å². The summed E-state index contributed by atoms with van der Waals surface area (Å²) in [5.41, 5.74) is 1.68. The number of ether oxygens (including phenoxy) is 2. The fourth-order valence-electron chi connectivity index (χ4n) is 1.92. The van der Waals surface area contributed by atoms with Gasteiger partial charge in [0.15, 0.2) is 0 Å². The predicted octanol–water partition coefficient (Wildman–Crippen LogP) is 3.98. The van der Waals surface area contributed by atoms with Crippen LogP contribution in [0, 0.1) is 0 Å². The molecule has 2 aromatic carbocycles. The number of benzene rings is 2. The number of carbonyl (C=O) groups is 1. The summed E-state index contributed by atoms with van der Waals surface area (Å²) in [4.78, 5) is 12.1. The molecule has 0 unspecified atom stereocenters. The highest BCUT2D eigenvalue weighted by atomic mass is 19.4. The molecule has 0 bridgehead atoms. The molecule has 0 atom stereocenters. The molecule has 2 rings (SSSR count). The maximum Gasteiger partial charge on any atom is 0.573 e. The van der Waals surface area contributed by atoms with Gasteiger partial charge in [0.05, 0.1) is 6.61 Å². The summed E-state index contributed by atoms with van der Waals surface area (Å²) in [6.45, 7) is 0.410. The fourth-order valence-corrected chi connectivity index (χ4v) is 1.92. The van der Waals surface area contributed by atoms with E-state index in [2.05, 4.69) is 10.1 Å². The van der Waals surface area contributed by atoms with Crippen molar-refractivity contribution < 1.29 is 27.4 Å². The highest BCUT2D eigenvalue weighted by molar-refractivity contribution is 6.04. The quantitative estimate of drug-likeness (QED) is 0.904. The number of carbonyl (C=O) groups excluding carboxylic acids is 1. The monoisotopic (exact) mass is 325 g/mol. The zero-order valence-corrected chi connectivity index (χ0v) is 12.2. The van der Waals surface area contributed by atoms with Crippen molar-refractivity contribution in [1.29, 1.82) is 0 Å². The second kappa shape index (κ2) is 7.15. The number of nitrogens with one attached hydrogen (secondary N) is 1. The molecule has 0 fully saturated rings. The Hall–Kier alpha value is -2.54. The molecule has 0 aliphatic carbocycles. The highest BCUT2D eigenvalue weighted by Crippen LogP contribution is 2.23. The molecular formula is C16H14F3NO3. The van der Waals surface area contributed by atoms with Gasteiger partial charge in [-0.3, -0.25) is 4.79 Å². The Balaban J connectivity index is 2.04. The third-order valence-electron chi connectivity index (χ3n) is 2.85. The smallest absolute Gasteiger partial charge is 0.406 e. The summed E-state index contributed by atoms with van der Waals surface area (Å²) in [5.74, 6) is -0.811. The van der Waals surface area contributed by atoms with Crippen molar-refractivity contribution in [3.8, 4) is 5.75 Å². The second-order valence-corrected chi connectivity index (χ2v) is 4.66. The van der Waals surface area contributed by atoms with Gasteiger partial charge in [0.1, 0.15) is 5.75 Å². The van der Waals surface area contributed by atoms with E-state index >= 15 is 0 Å². The lowest BCUT2D eigenvalue weighted by molar-refractivity contribution is -0.274. The van der Waals surface area contributed by atoms with Crippen LogP contribution in [0.25, 0.3) is 0 Å². The van der Waals surface area contributed by atoms with Crippen LogP contribution in [0.4, 0.5) is 18.9 Å². The zero-order chi connectivity index (χ0) is 16.9. The lowest BCUT2D eigenvalue weighted by Crippen LogP contribution is -2.17. The Morgan fingerprint density at radius 1 is 1.13 bits per heavy atom. The molecule has 0 radical (unpaired) electrons. The SMILES string of the molecule is COCc1cccc(NC(=O)c2ccc(OC(F)(F)F)cc2)c1. The fraction of sp³-hybridized carbons (Fsp3) is 0.188. The molecule has 0 aliphatic heterocycles. The molecule has 122 valence electrons. The van der Waals surface area contributed by atoms with E-state index in [1.54, 1.807) is 25.3 Å². The summed E-state index contributed by atoms with van der Waals surface area (Å²) in [7, 11) is 1.57. The minimum atomic E-state index is -4.76. The Bertz CT molecular complexity index is 669. The van der Waals surface area contributed by atoms with E-state index in [-0.39, 0.29) is 11.3 Å². The maximum absolute atomic E-state index is 12.1. The van der Waals surface area contributed by atoms with Crippen molar-refractivity contribution in [2.24, 2.45) is 0 Å². The third kappa shape index (κ3) is 5.30. The maximum atomic E-state index is 12.1. The van der Waals surface area contributed by atoms with E-state index in [0.29, 0.717) is 12.3 Å². The molecule has 7 heteroatoms. The third-order valence-corrected chi connectivity index (χ3v) is 2.85. The van der Waals surface area contributed by atoms with Crippen molar-refractivity contribution >= 4 is 11.6 Å².